The van der Waals surface area contributed by atoms with Gasteiger partial charge in [0.1, 0.15) is 0 Å². The van der Waals surface area contributed by atoms with Crippen LogP contribution >= 0.6 is 0 Å². The second-order valence-corrected chi connectivity index (χ2v) is 3.58. The molecule has 0 saturated heterocycles. The van der Waals surface area contributed by atoms with E-state index in [1.807, 2.05) is 6.92 Å². The van der Waals surface area contributed by atoms with Crippen LogP contribution in [0.5, 0.6) is 0 Å². The normalized spacial score (nSPS) is 21.4. The predicted molar refractivity (Wildman–Crippen MR) is 52.7 cm³/mol. The van der Waals surface area contributed by atoms with E-state index in [0.29, 0.717) is 24.3 Å². The predicted octanol–water partition coefficient (Wildman–Crippen LogP) is 1.58. The van der Waals surface area contributed by atoms with Crippen LogP contribution in [-0.4, -0.2) is 16.2 Å². The molecule has 1 N–H and O–H groups in total. The summed E-state index contributed by atoms with van der Waals surface area (Å²) in [5.74, 6) is 1.36. The van der Waals surface area contributed by atoms with Crippen molar-refractivity contribution < 1.29 is 4.52 Å². The zero-order chi connectivity index (χ0) is 9.80. The molecule has 0 aliphatic heterocycles. The molecule has 0 radical (unpaired) electrons. The van der Waals surface area contributed by atoms with Gasteiger partial charge in [-0.3, -0.25) is 0 Å². The van der Waals surface area contributed by atoms with E-state index in [0.717, 1.165) is 0 Å². The van der Waals surface area contributed by atoms with Crippen LogP contribution in [0.2, 0.25) is 0 Å². The minimum absolute atomic E-state index is 0.468. The number of aromatic nitrogens is 2. The first-order chi connectivity index (χ1) is 6.84. The van der Waals surface area contributed by atoms with Gasteiger partial charge >= 0.3 is 0 Å². The summed E-state index contributed by atoms with van der Waals surface area (Å²) in [4.78, 5) is 4.13. The Kier molecular flexibility index (Phi) is 2.93. The monoisotopic (exact) mass is 193 g/mol. The molecule has 2 rings (SSSR count). The molecule has 14 heavy (non-hydrogen) atoms. The Morgan fingerprint density at radius 1 is 1.64 bits per heavy atom. The molecule has 1 aromatic heterocycles. The fraction of sp³-hybridized carbons (Fsp3) is 0.600. The van der Waals surface area contributed by atoms with Crippen LogP contribution < -0.4 is 5.32 Å². The lowest BCUT2D eigenvalue weighted by Gasteiger charge is -2.16. The van der Waals surface area contributed by atoms with Gasteiger partial charge in [-0.15, -0.1) is 0 Å². The molecular weight excluding hydrogens is 178 g/mol. The Morgan fingerprint density at radius 2 is 2.57 bits per heavy atom. The summed E-state index contributed by atoms with van der Waals surface area (Å²) in [6.45, 7) is 2.49. The van der Waals surface area contributed by atoms with Gasteiger partial charge in [0.15, 0.2) is 5.82 Å². The molecule has 76 valence electrons. The van der Waals surface area contributed by atoms with Crippen molar-refractivity contribution in [3.8, 4) is 0 Å². The van der Waals surface area contributed by atoms with Crippen LogP contribution in [0.1, 0.15) is 31.0 Å². The van der Waals surface area contributed by atoms with E-state index in [1.165, 1.54) is 19.3 Å². The summed E-state index contributed by atoms with van der Waals surface area (Å²) in [7, 11) is 0. The van der Waals surface area contributed by atoms with E-state index >= 15 is 0 Å². The molecule has 4 nitrogen and oxygen atoms in total. The molecule has 1 aromatic rings. The highest BCUT2D eigenvalue weighted by Gasteiger charge is 2.09. The van der Waals surface area contributed by atoms with Crippen molar-refractivity contribution in [3.05, 3.63) is 23.9 Å². The van der Waals surface area contributed by atoms with Gasteiger partial charge in [0.2, 0.25) is 5.89 Å². The molecule has 4 heteroatoms. The number of nitrogens with one attached hydrogen (secondary N) is 1. The van der Waals surface area contributed by atoms with Crippen LogP contribution in [0.4, 0.5) is 0 Å². The van der Waals surface area contributed by atoms with Crippen molar-refractivity contribution in [2.24, 2.45) is 0 Å². The number of hydrogen-bond acceptors (Lipinski definition) is 4. The summed E-state index contributed by atoms with van der Waals surface area (Å²) >= 11 is 0. The average Bonchev–Trinajstić information content (AvgIpc) is 2.63. The smallest absolute Gasteiger partial charge is 0.240 e. The van der Waals surface area contributed by atoms with Gasteiger partial charge in [0.05, 0.1) is 6.54 Å². The Bertz CT molecular complexity index is 319. The second kappa shape index (κ2) is 4.37. The largest absolute Gasteiger partial charge is 0.338 e. The maximum absolute atomic E-state index is 5.01. The molecule has 0 amide bonds. The Morgan fingerprint density at radius 3 is 3.21 bits per heavy atom. The van der Waals surface area contributed by atoms with Gasteiger partial charge in [-0.1, -0.05) is 17.3 Å². The number of nitrogens with zero attached hydrogens (tertiary/aromatic N) is 2. The lowest BCUT2D eigenvalue weighted by Crippen LogP contribution is -2.27. The number of aryl methyl sites for hydroxylation is 1. The second-order valence-electron chi connectivity index (χ2n) is 3.58. The lowest BCUT2D eigenvalue weighted by atomic mass is 10.0. The fourth-order valence-electron chi connectivity index (χ4n) is 1.61. The summed E-state index contributed by atoms with van der Waals surface area (Å²) < 4.78 is 5.01. The van der Waals surface area contributed by atoms with E-state index in [9.17, 15) is 0 Å². The van der Waals surface area contributed by atoms with Crippen molar-refractivity contribution in [2.45, 2.75) is 38.8 Å². The van der Waals surface area contributed by atoms with Crippen LogP contribution in [0.25, 0.3) is 0 Å². The zero-order valence-electron chi connectivity index (χ0n) is 8.36. The quantitative estimate of drug-likeness (QED) is 0.740. The Hall–Kier alpha value is -1.16. The minimum atomic E-state index is 0.468. The van der Waals surface area contributed by atoms with Crippen molar-refractivity contribution >= 4 is 0 Å². The molecule has 0 fully saturated rings. The molecule has 0 bridgehead atoms. The van der Waals surface area contributed by atoms with E-state index in [4.69, 9.17) is 4.52 Å². The summed E-state index contributed by atoms with van der Waals surface area (Å²) in [5, 5.41) is 7.10. The number of hydrogen-bond donors (Lipinski definition) is 1. The third-order valence-corrected chi connectivity index (χ3v) is 2.34. The van der Waals surface area contributed by atoms with E-state index in [2.05, 4.69) is 27.6 Å². The van der Waals surface area contributed by atoms with Crippen LogP contribution in [0.3, 0.4) is 0 Å². The first-order valence-electron chi connectivity index (χ1n) is 5.04. The highest BCUT2D eigenvalue weighted by Crippen LogP contribution is 2.10. The first-order valence-corrected chi connectivity index (χ1v) is 5.04. The summed E-state index contributed by atoms with van der Waals surface area (Å²) in [6.07, 6.45) is 8.10. The van der Waals surface area contributed by atoms with Crippen molar-refractivity contribution in [1.82, 2.24) is 15.5 Å². The molecule has 0 saturated carbocycles. The van der Waals surface area contributed by atoms with Crippen LogP contribution in [0, 0.1) is 6.92 Å². The van der Waals surface area contributed by atoms with Gasteiger partial charge in [0.25, 0.3) is 0 Å². The number of rotatable bonds is 3. The molecule has 0 aromatic carbocycles. The lowest BCUT2D eigenvalue weighted by molar-refractivity contribution is 0.356. The van der Waals surface area contributed by atoms with Gasteiger partial charge < -0.3 is 9.84 Å². The third kappa shape index (κ3) is 2.42. The first kappa shape index (κ1) is 9.40. The van der Waals surface area contributed by atoms with Crippen molar-refractivity contribution in [2.75, 3.05) is 0 Å². The molecule has 1 unspecified atom stereocenters. The maximum Gasteiger partial charge on any atom is 0.240 e. The Labute approximate surface area is 83.4 Å². The number of allylic oxidation sites excluding steroid dienone is 1. The average molecular weight is 193 g/mol. The zero-order valence-corrected chi connectivity index (χ0v) is 8.36. The Balaban J connectivity index is 1.82. The fourth-order valence-corrected chi connectivity index (χ4v) is 1.61. The van der Waals surface area contributed by atoms with Crippen molar-refractivity contribution in [3.63, 3.8) is 0 Å². The molecular formula is C10H15N3O. The molecule has 0 spiro atoms. The van der Waals surface area contributed by atoms with Gasteiger partial charge in [0, 0.05) is 6.04 Å². The van der Waals surface area contributed by atoms with E-state index in [-0.39, 0.29) is 0 Å². The molecule has 1 atom stereocenters. The van der Waals surface area contributed by atoms with Gasteiger partial charge in [-0.25, -0.2) is 0 Å². The topological polar surface area (TPSA) is 51.0 Å². The van der Waals surface area contributed by atoms with E-state index < -0.39 is 0 Å². The standard InChI is InChI=1S/C10H15N3O/c1-8-12-10(14-13-8)7-11-9-5-3-2-4-6-9/h3,5,9,11H,2,4,6-7H2,1H3. The minimum Gasteiger partial charge on any atom is -0.338 e. The summed E-state index contributed by atoms with van der Waals surface area (Å²) in [6, 6.07) is 0.468. The molecule has 1 aliphatic rings. The highest BCUT2D eigenvalue weighted by molar-refractivity contribution is 4.98. The van der Waals surface area contributed by atoms with E-state index in [1.54, 1.807) is 0 Å². The van der Waals surface area contributed by atoms with Crippen LogP contribution in [-0.2, 0) is 6.54 Å². The summed E-state index contributed by atoms with van der Waals surface area (Å²) in [5.41, 5.74) is 0. The maximum atomic E-state index is 5.01. The van der Waals surface area contributed by atoms with Gasteiger partial charge in [-0.05, 0) is 26.2 Å². The van der Waals surface area contributed by atoms with Crippen molar-refractivity contribution in [1.29, 1.82) is 0 Å². The molecule has 1 heterocycles. The molecule has 1 aliphatic carbocycles. The SMILES string of the molecule is Cc1noc(CNC2C=CCCC2)n1. The highest BCUT2D eigenvalue weighted by atomic mass is 16.5. The van der Waals surface area contributed by atoms with Crippen LogP contribution in [0.15, 0.2) is 16.7 Å². The van der Waals surface area contributed by atoms with Gasteiger partial charge in [-0.2, -0.15) is 4.98 Å². The third-order valence-electron chi connectivity index (χ3n) is 2.34.